The van der Waals surface area contributed by atoms with E-state index in [0.717, 1.165) is 25.8 Å². The maximum absolute atomic E-state index is 13.7. The van der Waals surface area contributed by atoms with Crippen molar-refractivity contribution in [1.29, 1.82) is 0 Å². The molecule has 4 aromatic rings. The van der Waals surface area contributed by atoms with Gasteiger partial charge >= 0.3 is 5.69 Å². The fraction of sp³-hybridized carbons (Fsp3) is 0.417. The first-order valence-corrected chi connectivity index (χ1v) is 13.6. The van der Waals surface area contributed by atoms with Gasteiger partial charge in [0.25, 0.3) is 11.5 Å². The number of para-hydroxylation sites is 2. The minimum absolute atomic E-state index is 0.00198. The van der Waals surface area contributed by atoms with Crippen LogP contribution in [0.15, 0.2) is 39.0 Å². The number of thiophene rings is 1. The van der Waals surface area contributed by atoms with E-state index in [4.69, 9.17) is 9.82 Å². The second-order valence-corrected chi connectivity index (χ2v) is 11.1. The number of amides is 1. The summed E-state index contributed by atoms with van der Waals surface area (Å²) in [5, 5.41) is 12.0. The Bertz CT molecular complexity index is 1600. The van der Waals surface area contributed by atoms with Gasteiger partial charge < -0.3 is 9.67 Å². The number of thioether (sulfide) groups is 1. The van der Waals surface area contributed by atoms with Gasteiger partial charge in [-0.1, -0.05) is 37.7 Å². The van der Waals surface area contributed by atoms with Crippen LogP contribution in [0, 0.1) is 5.92 Å². The first-order valence-electron chi connectivity index (χ1n) is 11.6. The van der Waals surface area contributed by atoms with E-state index in [-0.39, 0.29) is 36.6 Å². The van der Waals surface area contributed by atoms with E-state index in [1.165, 1.54) is 30.1 Å². The van der Waals surface area contributed by atoms with E-state index in [1.54, 1.807) is 4.57 Å². The highest BCUT2D eigenvalue weighted by molar-refractivity contribution is 7.98. The molecule has 1 aromatic carbocycles. The number of carbonyl (C=O) groups is 1. The lowest BCUT2D eigenvalue weighted by Gasteiger charge is -2.16. The molecule has 0 aliphatic carbocycles. The Balaban J connectivity index is 1.79. The predicted molar refractivity (Wildman–Crippen MR) is 140 cm³/mol. The van der Waals surface area contributed by atoms with Gasteiger partial charge in [0, 0.05) is 18.5 Å². The van der Waals surface area contributed by atoms with Crippen molar-refractivity contribution in [3.8, 4) is 0 Å². The van der Waals surface area contributed by atoms with Gasteiger partial charge in [0.2, 0.25) is 0 Å². The Kier molecular flexibility index (Phi) is 6.54. The second kappa shape index (κ2) is 9.51. The Morgan fingerprint density at radius 1 is 1.28 bits per heavy atom. The van der Waals surface area contributed by atoms with Crippen LogP contribution in [0.4, 0.5) is 0 Å². The average Bonchev–Trinajstić information content (AvgIpc) is 3.55. The molecule has 1 aliphatic rings. The maximum Gasteiger partial charge on any atom is 0.331 e. The standard InChI is InChI=1S/C24H27N5O5S2/c1-13(2)9-28-22-19(20(31)26(3)24(28)33)18(21(32)29-10-14(30)12-34-29)17(36-22)11-27-16-8-6-5-7-15(16)25-23(27)35-4/h5-8,13-14,30H,9-12H2,1-4H3. The number of fused-ring (bicyclic) bond motifs is 2. The maximum atomic E-state index is 13.7. The Labute approximate surface area is 214 Å². The minimum atomic E-state index is -0.801. The molecule has 190 valence electrons. The molecule has 12 heteroatoms. The highest BCUT2D eigenvalue weighted by Gasteiger charge is 2.33. The Morgan fingerprint density at radius 2 is 2.03 bits per heavy atom. The predicted octanol–water partition coefficient (Wildman–Crippen LogP) is 2.29. The summed E-state index contributed by atoms with van der Waals surface area (Å²) in [6, 6.07) is 7.74. The van der Waals surface area contributed by atoms with Gasteiger partial charge in [-0.3, -0.25) is 23.6 Å². The summed E-state index contributed by atoms with van der Waals surface area (Å²) in [6.07, 6.45) is 1.13. The summed E-state index contributed by atoms with van der Waals surface area (Å²) < 4.78 is 4.64. The Hall–Kier alpha value is -2.93. The zero-order chi connectivity index (χ0) is 25.7. The van der Waals surface area contributed by atoms with Crippen molar-refractivity contribution in [2.45, 2.75) is 38.2 Å². The van der Waals surface area contributed by atoms with Gasteiger partial charge in [0.15, 0.2) is 5.16 Å². The zero-order valence-corrected chi connectivity index (χ0v) is 22.1. The molecule has 1 unspecified atom stereocenters. The van der Waals surface area contributed by atoms with Crippen LogP contribution in [0.2, 0.25) is 0 Å². The van der Waals surface area contributed by atoms with Crippen molar-refractivity contribution in [2.75, 3.05) is 19.4 Å². The van der Waals surface area contributed by atoms with Crippen LogP contribution in [-0.2, 0) is 25.0 Å². The lowest BCUT2D eigenvalue weighted by molar-refractivity contribution is -0.0778. The van der Waals surface area contributed by atoms with Crippen molar-refractivity contribution >= 4 is 50.3 Å². The normalized spacial score (nSPS) is 16.2. The van der Waals surface area contributed by atoms with Crippen LogP contribution in [0.5, 0.6) is 0 Å². The van der Waals surface area contributed by atoms with Gasteiger partial charge in [-0.15, -0.1) is 11.3 Å². The molecule has 1 fully saturated rings. The summed E-state index contributed by atoms with van der Waals surface area (Å²) in [4.78, 5) is 51.5. The number of aromatic nitrogens is 4. The van der Waals surface area contributed by atoms with E-state index >= 15 is 0 Å². The van der Waals surface area contributed by atoms with Gasteiger partial charge in [-0.05, 0) is 24.3 Å². The average molecular weight is 530 g/mol. The smallest absolute Gasteiger partial charge is 0.331 e. The third-order valence-electron chi connectivity index (χ3n) is 6.14. The van der Waals surface area contributed by atoms with Crippen molar-refractivity contribution in [1.82, 2.24) is 23.7 Å². The molecule has 10 nitrogen and oxygen atoms in total. The SMILES string of the molecule is CSc1nc2ccccc2n1Cc1sc2c(c1C(=O)N1CC(O)CO1)c(=O)n(C)c(=O)n2CC(C)C. The molecule has 1 amide bonds. The van der Waals surface area contributed by atoms with Gasteiger partial charge in [-0.2, -0.15) is 0 Å². The number of aliphatic hydroxyl groups excluding tert-OH is 1. The molecule has 3 aromatic heterocycles. The van der Waals surface area contributed by atoms with E-state index in [1.807, 2.05) is 48.9 Å². The highest BCUT2D eigenvalue weighted by atomic mass is 32.2. The molecule has 1 atom stereocenters. The van der Waals surface area contributed by atoms with Crippen LogP contribution in [0.1, 0.15) is 29.1 Å². The third-order valence-corrected chi connectivity index (χ3v) is 8.01. The number of nitrogens with zero attached hydrogens (tertiary/aromatic N) is 5. The summed E-state index contributed by atoms with van der Waals surface area (Å²) in [7, 11) is 1.43. The van der Waals surface area contributed by atoms with Crippen LogP contribution in [-0.4, -0.2) is 60.3 Å². The van der Waals surface area contributed by atoms with Gasteiger partial charge in [0.1, 0.15) is 17.5 Å². The molecule has 1 aliphatic heterocycles. The molecule has 0 radical (unpaired) electrons. The lowest BCUT2D eigenvalue weighted by Crippen LogP contribution is -2.39. The number of imidazole rings is 1. The topological polar surface area (TPSA) is 112 Å². The number of aliphatic hydroxyl groups is 1. The summed E-state index contributed by atoms with van der Waals surface area (Å²) >= 11 is 2.76. The summed E-state index contributed by atoms with van der Waals surface area (Å²) in [6.45, 7) is 4.68. The van der Waals surface area contributed by atoms with Crippen LogP contribution in [0.25, 0.3) is 21.3 Å². The molecule has 1 saturated heterocycles. The van der Waals surface area contributed by atoms with Crippen molar-refractivity contribution in [3.05, 3.63) is 55.5 Å². The fourth-order valence-electron chi connectivity index (χ4n) is 4.48. The van der Waals surface area contributed by atoms with Gasteiger partial charge in [0.05, 0.1) is 35.1 Å². The number of rotatable bonds is 6. The number of hydrogen-bond donors (Lipinski definition) is 1. The quantitative estimate of drug-likeness (QED) is 0.382. The van der Waals surface area contributed by atoms with Crippen molar-refractivity contribution < 1.29 is 14.7 Å². The summed E-state index contributed by atoms with van der Waals surface area (Å²) in [5.74, 6) is -0.361. The molecular weight excluding hydrogens is 502 g/mol. The van der Waals surface area contributed by atoms with E-state index < -0.39 is 23.3 Å². The summed E-state index contributed by atoms with van der Waals surface area (Å²) in [5.41, 5.74) is 0.986. The molecule has 0 spiro atoms. The molecule has 1 N–H and O–H groups in total. The van der Waals surface area contributed by atoms with Crippen molar-refractivity contribution in [3.63, 3.8) is 0 Å². The van der Waals surface area contributed by atoms with Crippen LogP contribution in [0.3, 0.4) is 0 Å². The largest absolute Gasteiger partial charge is 0.389 e. The number of carbonyl (C=O) groups excluding carboxylic acids is 1. The number of β-amino-alcohol motifs (C(OH)–C–C–N with tert-alkyl or cyclic N) is 1. The van der Waals surface area contributed by atoms with Crippen LogP contribution >= 0.6 is 23.1 Å². The first-order chi connectivity index (χ1) is 17.2. The van der Waals surface area contributed by atoms with E-state index in [9.17, 15) is 19.5 Å². The fourth-order valence-corrected chi connectivity index (χ4v) is 6.33. The first kappa shape index (κ1) is 24.8. The number of benzene rings is 1. The second-order valence-electron chi connectivity index (χ2n) is 9.22. The molecule has 0 saturated carbocycles. The highest BCUT2D eigenvalue weighted by Crippen LogP contribution is 2.33. The minimum Gasteiger partial charge on any atom is -0.389 e. The van der Waals surface area contributed by atoms with Crippen molar-refractivity contribution in [2.24, 2.45) is 13.0 Å². The monoisotopic (exact) mass is 529 g/mol. The van der Waals surface area contributed by atoms with E-state index in [0.29, 0.717) is 16.3 Å². The molecule has 0 bridgehead atoms. The number of hydrogen-bond acceptors (Lipinski definition) is 8. The number of hydroxylamine groups is 2. The third kappa shape index (κ3) is 4.07. The molecule has 5 rings (SSSR count). The molecular formula is C24H27N5O5S2. The van der Waals surface area contributed by atoms with E-state index in [2.05, 4.69) is 0 Å². The van der Waals surface area contributed by atoms with Crippen LogP contribution < -0.4 is 11.2 Å². The molecule has 4 heterocycles. The van der Waals surface area contributed by atoms with Gasteiger partial charge in [-0.25, -0.2) is 14.8 Å². The molecule has 36 heavy (non-hydrogen) atoms. The zero-order valence-electron chi connectivity index (χ0n) is 20.4. The lowest BCUT2D eigenvalue weighted by atomic mass is 10.1. The Morgan fingerprint density at radius 3 is 2.69 bits per heavy atom.